The molecule has 0 fully saturated rings. The molecule has 0 saturated carbocycles. The van der Waals surface area contributed by atoms with E-state index in [1.165, 1.54) is 18.7 Å². The van der Waals surface area contributed by atoms with Gasteiger partial charge in [-0.15, -0.1) is 11.8 Å². The van der Waals surface area contributed by atoms with Crippen molar-refractivity contribution < 1.29 is 9.59 Å². The first-order chi connectivity index (χ1) is 11.9. The van der Waals surface area contributed by atoms with Crippen molar-refractivity contribution in [1.29, 1.82) is 0 Å². The molecule has 2 aromatic carbocycles. The molecule has 0 heterocycles. The Labute approximate surface area is 161 Å². The fourth-order valence-corrected chi connectivity index (χ4v) is 3.61. The molecule has 2 amide bonds. The van der Waals surface area contributed by atoms with E-state index in [0.29, 0.717) is 27.8 Å². The van der Waals surface area contributed by atoms with E-state index in [9.17, 15) is 9.59 Å². The van der Waals surface area contributed by atoms with Gasteiger partial charge in [-0.1, -0.05) is 36.2 Å². The maximum atomic E-state index is 12.6. The minimum Gasteiger partial charge on any atom is -0.326 e. The smallest absolute Gasteiger partial charge is 0.237 e. The van der Waals surface area contributed by atoms with Gasteiger partial charge in [0.05, 0.1) is 16.0 Å². The summed E-state index contributed by atoms with van der Waals surface area (Å²) in [5.74, 6) is -0.272. The second kappa shape index (κ2) is 9.13. The highest BCUT2D eigenvalue weighted by Gasteiger charge is 2.19. The number of hydrogen-bond donors (Lipinski definition) is 2. The summed E-state index contributed by atoms with van der Waals surface area (Å²) < 4.78 is 0. The molecule has 7 heteroatoms. The second-order valence-electron chi connectivity index (χ2n) is 5.34. The number of hydrogen-bond acceptors (Lipinski definition) is 3. The normalized spacial score (nSPS) is 11.7. The van der Waals surface area contributed by atoms with Crippen LogP contribution in [0.5, 0.6) is 0 Å². The predicted octanol–water partition coefficient (Wildman–Crippen LogP) is 5.46. The number of halogens is 2. The molecule has 0 aliphatic heterocycles. The van der Waals surface area contributed by atoms with Crippen LogP contribution in [-0.4, -0.2) is 17.1 Å². The topological polar surface area (TPSA) is 58.2 Å². The van der Waals surface area contributed by atoms with Crippen LogP contribution in [0.2, 0.25) is 10.0 Å². The fourth-order valence-electron chi connectivity index (χ4n) is 2.14. The van der Waals surface area contributed by atoms with Gasteiger partial charge in [0, 0.05) is 22.5 Å². The highest BCUT2D eigenvalue weighted by molar-refractivity contribution is 8.00. The van der Waals surface area contributed by atoms with E-state index in [2.05, 4.69) is 10.6 Å². The van der Waals surface area contributed by atoms with Crippen molar-refractivity contribution in [2.24, 2.45) is 0 Å². The Bertz CT molecular complexity index is 783. The van der Waals surface area contributed by atoms with E-state index in [0.717, 1.165) is 4.90 Å². The molecule has 0 spiro atoms. The minimum atomic E-state index is -0.292. The summed E-state index contributed by atoms with van der Waals surface area (Å²) in [6.45, 7) is 3.40. The van der Waals surface area contributed by atoms with Crippen molar-refractivity contribution in [1.82, 2.24) is 0 Å². The maximum absolute atomic E-state index is 12.6. The summed E-state index contributed by atoms with van der Waals surface area (Å²) in [5, 5.41) is 6.19. The third-order valence-electron chi connectivity index (χ3n) is 3.28. The Kier molecular flexibility index (Phi) is 7.17. The number of carbonyl (C=O) groups is 2. The number of anilines is 2. The van der Waals surface area contributed by atoms with Crippen molar-refractivity contribution >= 4 is 58.2 Å². The van der Waals surface area contributed by atoms with Gasteiger partial charge in [-0.2, -0.15) is 0 Å². The van der Waals surface area contributed by atoms with Crippen LogP contribution in [0.15, 0.2) is 47.4 Å². The van der Waals surface area contributed by atoms with Crippen molar-refractivity contribution in [3.05, 3.63) is 52.5 Å². The Balaban J connectivity index is 2.08. The zero-order valence-electron chi connectivity index (χ0n) is 13.8. The molecule has 1 atom stereocenters. The average molecular weight is 397 g/mol. The van der Waals surface area contributed by atoms with E-state index in [1.807, 2.05) is 25.1 Å². The standard InChI is InChI=1S/C18H18Cl2N2O2S/c1-3-17(18(24)22-16-8-7-12(19)9-15(16)20)25-14-6-4-5-13(10-14)21-11(2)23/h4-10,17H,3H2,1-2H3,(H,21,23)(H,22,24). The maximum Gasteiger partial charge on any atom is 0.237 e. The van der Waals surface area contributed by atoms with Crippen molar-refractivity contribution in [3.8, 4) is 0 Å². The lowest BCUT2D eigenvalue weighted by molar-refractivity contribution is -0.116. The monoisotopic (exact) mass is 396 g/mol. The lowest BCUT2D eigenvalue weighted by atomic mass is 10.2. The molecular formula is C18H18Cl2N2O2S. The summed E-state index contributed by atoms with van der Waals surface area (Å²) in [4.78, 5) is 24.6. The van der Waals surface area contributed by atoms with Crippen molar-refractivity contribution in [3.63, 3.8) is 0 Å². The summed E-state index contributed by atoms with van der Waals surface area (Å²) in [5.41, 5.74) is 1.23. The number of benzene rings is 2. The fraction of sp³-hybridized carbons (Fsp3) is 0.222. The molecule has 132 valence electrons. The van der Waals surface area contributed by atoms with Gasteiger partial charge in [0.25, 0.3) is 0 Å². The van der Waals surface area contributed by atoms with Gasteiger partial charge in [0.1, 0.15) is 0 Å². The third kappa shape index (κ3) is 5.96. The first kappa shape index (κ1) is 19.6. The number of amides is 2. The summed E-state index contributed by atoms with van der Waals surface area (Å²) in [6.07, 6.45) is 0.645. The third-order valence-corrected chi connectivity index (χ3v) is 5.19. The van der Waals surface area contributed by atoms with Crippen molar-refractivity contribution in [2.45, 2.75) is 30.4 Å². The van der Waals surface area contributed by atoms with Gasteiger partial charge >= 0.3 is 0 Å². The summed E-state index contributed by atoms with van der Waals surface area (Å²) in [7, 11) is 0. The molecule has 2 rings (SSSR count). The van der Waals surface area contributed by atoms with Gasteiger partial charge < -0.3 is 10.6 Å². The molecule has 25 heavy (non-hydrogen) atoms. The second-order valence-corrected chi connectivity index (χ2v) is 7.46. The molecule has 0 aliphatic rings. The minimum absolute atomic E-state index is 0.135. The zero-order chi connectivity index (χ0) is 18.4. The molecule has 1 unspecified atom stereocenters. The van der Waals surface area contributed by atoms with Crippen LogP contribution in [0.1, 0.15) is 20.3 Å². The summed E-state index contributed by atoms with van der Waals surface area (Å²) >= 11 is 13.4. The Morgan fingerprint density at radius 3 is 2.52 bits per heavy atom. The Morgan fingerprint density at radius 2 is 1.88 bits per heavy atom. The first-order valence-electron chi connectivity index (χ1n) is 7.69. The van der Waals surface area contributed by atoms with Crippen LogP contribution in [0.3, 0.4) is 0 Å². The highest BCUT2D eigenvalue weighted by Crippen LogP contribution is 2.30. The van der Waals surface area contributed by atoms with Crippen LogP contribution >= 0.6 is 35.0 Å². The van der Waals surface area contributed by atoms with Gasteiger partial charge in [0.15, 0.2) is 0 Å². The van der Waals surface area contributed by atoms with E-state index >= 15 is 0 Å². The van der Waals surface area contributed by atoms with Crippen LogP contribution < -0.4 is 10.6 Å². The SMILES string of the molecule is CCC(Sc1cccc(NC(C)=O)c1)C(=O)Nc1ccc(Cl)cc1Cl. The van der Waals surface area contributed by atoms with Crippen LogP contribution in [0.25, 0.3) is 0 Å². The molecular weight excluding hydrogens is 379 g/mol. The van der Waals surface area contributed by atoms with Gasteiger partial charge in [-0.3, -0.25) is 9.59 Å². The number of thioether (sulfide) groups is 1. The van der Waals surface area contributed by atoms with E-state index in [1.54, 1.807) is 24.3 Å². The molecule has 2 N–H and O–H groups in total. The van der Waals surface area contributed by atoms with E-state index in [4.69, 9.17) is 23.2 Å². The van der Waals surface area contributed by atoms with Gasteiger partial charge in [-0.05, 0) is 42.8 Å². The number of carbonyl (C=O) groups excluding carboxylic acids is 2. The molecule has 0 saturated heterocycles. The lowest BCUT2D eigenvalue weighted by Gasteiger charge is -2.16. The Hall–Kier alpha value is -1.69. The molecule has 4 nitrogen and oxygen atoms in total. The van der Waals surface area contributed by atoms with Crippen LogP contribution in [0, 0.1) is 0 Å². The van der Waals surface area contributed by atoms with Gasteiger partial charge in [-0.25, -0.2) is 0 Å². The quantitative estimate of drug-likeness (QED) is 0.637. The van der Waals surface area contributed by atoms with Gasteiger partial charge in [0.2, 0.25) is 11.8 Å². The molecule has 0 radical (unpaired) electrons. The van der Waals surface area contributed by atoms with Crippen LogP contribution in [-0.2, 0) is 9.59 Å². The molecule has 0 bridgehead atoms. The van der Waals surface area contributed by atoms with Crippen LogP contribution in [0.4, 0.5) is 11.4 Å². The molecule has 0 aliphatic carbocycles. The Morgan fingerprint density at radius 1 is 1.12 bits per heavy atom. The first-order valence-corrected chi connectivity index (χ1v) is 9.33. The van der Waals surface area contributed by atoms with E-state index in [-0.39, 0.29) is 17.1 Å². The predicted molar refractivity (Wildman–Crippen MR) is 106 cm³/mol. The lowest BCUT2D eigenvalue weighted by Crippen LogP contribution is -2.24. The van der Waals surface area contributed by atoms with Crippen molar-refractivity contribution in [2.75, 3.05) is 10.6 Å². The zero-order valence-corrected chi connectivity index (χ0v) is 16.1. The highest BCUT2D eigenvalue weighted by atomic mass is 35.5. The largest absolute Gasteiger partial charge is 0.326 e. The number of rotatable bonds is 6. The molecule has 2 aromatic rings. The average Bonchev–Trinajstić information content (AvgIpc) is 2.55. The summed E-state index contributed by atoms with van der Waals surface area (Å²) in [6, 6.07) is 12.3. The van der Waals surface area contributed by atoms with E-state index < -0.39 is 0 Å². The number of nitrogens with one attached hydrogen (secondary N) is 2. The molecule has 0 aromatic heterocycles.